The van der Waals surface area contributed by atoms with Crippen molar-refractivity contribution in [1.82, 2.24) is 4.72 Å². The average molecular weight is 408 g/mol. The Morgan fingerprint density at radius 2 is 1.64 bits per heavy atom. The van der Waals surface area contributed by atoms with Gasteiger partial charge in [-0.15, -0.1) is 0 Å². The number of aryl methyl sites for hydroxylation is 1. The van der Waals surface area contributed by atoms with Gasteiger partial charge in [0.25, 0.3) is 0 Å². The molecule has 2 rings (SSSR count). The van der Waals surface area contributed by atoms with Crippen molar-refractivity contribution in [1.29, 1.82) is 0 Å². The molecule has 2 aromatic carbocycles. The summed E-state index contributed by atoms with van der Waals surface area (Å²) in [4.78, 5) is 12.5. The van der Waals surface area contributed by atoms with E-state index in [1.807, 2.05) is 0 Å². The fraction of sp³-hybridized carbons (Fsp3) is 0.316. The van der Waals surface area contributed by atoms with E-state index in [9.17, 15) is 13.2 Å². The van der Waals surface area contributed by atoms with Crippen LogP contribution in [0.3, 0.4) is 0 Å². The predicted octanol–water partition coefficient (Wildman–Crippen LogP) is 2.33. The van der Waals surface area contributed by atoms with E-state index < -0.39 is 22.0 Å². The first-order chi connectivity index (χ1) is 13.2. The molecule has 0 spiro atoms. The van der Waals surface area contributed by atoms with E-state index in [0.29, 0.717) is 28.5 Å². The summed E-state index contributed by atoms with van der Waals surface area (Å²) < 4.78 is 43.0. The van der Waals surface area contributed by atoms with E-state index in [0.717, 1.165) is 0 Å². The smallest absolute Gasteiger partial charge is 0.242 e. The van der Waals surface area contributed by atoms with Crippen LogP contribution in [0.1, 0.15) is 12.5 Å². The molecule has 2 aromatic rings. The Balaban J connectivity index is 2.14. The van der Waals surface area contributed by atoms with Gasteiger partial charge in [0.15, 0.2) is 0 Å². The van der Waals surface area contributed by atoms with Crippen LogP contribution in [0.25, 0.3) is 0 Å². The number of carbonyl (C=O) groups excluding carboxylic acids is 1. The van der Waals surface area contributed by atoms with Crippen molar-refractivity contribution in [2.75, 3.05) is 26.6 Å². The van der Waals surface area contributed by atoms with Gasteiger partial charge < -0.3 is 19.5 Å². The molecule has 0 aromatic heterocycles. The maximum Gasteiger partial charge on any atom is 0.242 e. The van der Waals surface area contributed by atoms with Gasteiger partial charge in [-0.05, 0) is 49.7 Å². The molecule has 0 aliphatic rings. The second-order valence-electron chi connectivity index (χ2n) is 6.03. The van der Waals surface area contributed by atoms with Crippen molar-refractivity contribution < 1.29 is 27.4 Å². The average Bonchev–Trinajstić information content (AvgIpc) is 2.67. The Kier molecular flexibility index (Phi) is 6.87. The highest BCUT2D eigenvalue weighted by molar-refractivity contribution is 7.89. The molecule has 0 radical (unpaired) electrons. The molecule has 0 unspecified atom stereocenters. The third-order valence-electron chi connectivity index (χ3n) is 4.07. The lowest BCUT2D eigenvalue weighted by atomic mass is 10.2. The fourth-order valence-corrected chi connectivity index (χ4v) is 3.80. The predicted molar refractivity (Wildman–Crippen MR) is 106 cm³/mol. The number of ether oxygens (including phenoxy) is 3. The fourth-order valence-electron chi connectivity index (χ4n) is 2.52. The van der Waals surface area contributed by atoms with Crippen molar-refractivity contribution in [3.63, 3.8) is 0 Å². The summed E-state index contributed by atoms with van der Waals surface area (Å²) in [5.41, 5.74) is 1.07. The van der Waals surface area contributed by atoms with Crippen molar-refractivity contribution in [2.24, 2.45) is 0 Å². The van der Waals surface area contributed by atoms with Crippen LogP contribution in [0, 0.1) is 6.92 Å². The highest BCUT2D eigenvalue weighted by Gasteiger charge is 2.23. The zero-order valence-corrected chi connectivity index (χ0v) is 17.2. The quantitative estimate of drug-likeness (QED) is 0.695. The molecular weight excluding hydrogens is 384 g/mol. The molecular formula is C19H24N2O6S. The largest absolute Gasteiger partial charge is 0.497 e. The van der Waals surface area contributed by atoms with Crippen LogP contribution in [-0.2, 0) is 14.8 Å². The van der Waals surface area contributed by atoms with Gasteiger partial charge >= 0.3 is 0 Å². The Morgan fingerprint density at radius 3 is 2.21 bits per heavy atom. The number of hydrogen-bond donors (Lipinski definition) is 2. The zero-order valence-electron chi connectivity index (χ0n) is 16.4. The molecule has 1 atom stereocenters. The van der Waals surface area contributed by atoms with E-state index in [2.05, 4.69) is 10.0 Å². The van der Waals surface area contributed by atoms with Gasteiger partial charge in [0.1, 0.15) is 17.2 Å². The monoisotopic (exact) mass is 408 g/mol. The van der Waals surface area contributed by atoms with E-state index in [4.69, 9.17) is 14.2 Å². The van der Waals surface area contributed by atoms with E-state index in [-0.39, 0.29) is 4.90 Å². The molecule has 0 bridgehead atoms. The first-order valence-corrected chi connectivity index (χ1v) is 9.90. The minimum atomic E-state index is -3.89. The number of carbonyl (C=O) groups is 1. The maximum atomic E-state index is 12.6. The van der Waals surface area contributed by atoms with E-state index in [1.54, 1.807) is 31.2 Å². The lowest BCUT2D eigenvalue weighted by molar-refractivity contribution is -0.117. The first-order valence-electron chi connectivity index (χ1n) is 8.41. The van der Waals surface area contributed by atoms with Crippen LogP contribution in [0.5, 0.6) is 17.2 Å². The molecule has 28 heavy (non-hydrogen) atoms. The number of methoxy groups -OCH3 is 3. The molecule has 8 nitrogen and oxygen atoms in total. The molecule has 0 saturated heterocycles. The van der Waals surface area contributed by atoms with Gasteiger partial charge in [-0.25, -0.2) is 8.42 Å². The first kappa shape index (κ1) is 21.5. The zero-order chi connectivity index (χ0) is 20.9. The molecule has 2 N–H and O–H groups in total. The summed E-state index contributed by atoms with van der Waals surface area (Å²) in [7, 11) is 0.600. The molecule has 0 aliphatic heterocycles. The normalized spacial score (nSPS) is 12.2. The Hall–Kier alpha value is -2.78. The maximum absolute atomic E-state index is 12.6. The van der Waals surface area contributed by atoms with Gasteiger partial charge in [0.05, 0.1) is 38.0 Å². The van der Waals surface area contributed by atoms with Gasteiger partial charge in [0, 0.05) is 6.07 Å². The Labute approximate surface area is 164 Å². The van der Waals surface area contributed by atoms with Crippen LogP contribution in [-0.4, -0.2) is 41.7 Å². The van der Waals surface area contributed by atoms with Gasteiger partial charge in [-0.1, -0.05) is 0 Å². The highest BCUT2D eigenvalue weighted by atomic mass is 32.2. The number of benzene rings is 2. The second-order valence-corrected chi connectivity index (χ2v) is 7.74. The third-order valence-corrected chi connectivity index (χ3v) is 5.61. The van der Waals surface area contributed by atoms with Gasteiger partial charge in [-0.3, -0.25) is 4.79 Å². The number of rotatable bonds is 8. The summed E-state index contributed by atoms with van der Waals surface area (Å²) >= 11 is 0. The van der Waals surface area contributed by atoms with Crippen LogP contribution >= 0.6 is 0 Å². The number of hydrogen-bond acceptors (Lipinski definition) is 6. The number of anilines is 1. The molecule has 0 fully saturated rings. The van der Waals surface area contributed by atoms with Crippen molar-refractivity contribution in [3.8, 4) is 17.2 Å². The van der Waals surface area contributed by atoms with Crippen molar-refractivity contribution in [2.45, 2.75) is 24.8 Å². The summed E-state index contributed by atoms with van der Waals surface area (Å²) in [5, 5.41) is 2.65. The van der Waals surface area contributed by atoms with Crippen LogP contribution < -0.4 is 24.2 Å². The standard InChI is InChI=1S/C19H24N2O6S/c1-12-10-15(7-9-17(12)26-4)28(23,24)21-13(2)19(22)20-16-8-6-14(25-3)11-18(16)27-5/h6-11,13,21H,1-5H3,(H,20,22)/t13-/m1/s1. The molecule has 9 heteroatoms. The summed E-state index contributed by atoms with van der Waals surface area (Å²) in [6.07, 6.45) is 0. The van der Waals surface area contributed by atoms with Crippen molar-refractivity contribution >= 4 is 21.6 Å². The molecule has 1 amide bonds. The molecule has 0 aliphatic carbocycles. The van der Waals surface area contributed by atoms with Gasteiger partial charge in [0.2, 0.25) is 15.9 Å². The lowest BCUT2D eigenvalue weighted by Gasteiger charge is -2.17. The second kappa shape index (κ2) is 8.94. The number of nitrogens with one attached hydrogen (secondary N) is 2. The van der Waals surface area contributed by atoms with Crippen molar-refractivity contribution in [3.05, 3.63) is 42.0 Å². The number of amides is 1. The SMILES string of the molecule is COc1ccc(NC(=O)[C@@H](C)NS(=O)(=O)c2ccc(OC)c(C)c2)c(OC)c1. The number of sulfonamides is 1. The van der Waals surface area contributed by atoms with E-state index in [1.165, 1.54) is 40.4 Å². The molecule has 152 valence electrons. The molecule has 0 saturated carbocycles. The van der Waals surface area contributed by atoms with Crippen LogP contribution in [0.2, 0.25) is 0 Å². The summed E-state index contributed by atoms with van der Waals surface area (Å²) in [5.74, 6) is 1.01. The lowest BCUT2D eigenvalue weighted by Crippen LogP contribution is -2.41. The van der Waals surface area contributed by atoms with Crippen LogP contribution in [0.15, 0.2) is 41.3 Å². The van der Waals surface area contributed by atoms with E-state index >= 15 is 0 Å². The minimum Gasteiger partial charge on any atom is -0.497 e. The Bertz CT molecular complexity index is 959. The third kappa shape index (κ3) is 4.93. The summed E-state index contributed by atoms with van der Waals surface area (Å²) in [6.45, 7) is 3.20. The highest BCUT2D eigenvalue weighted by Crippen LogP contribution is 2.29. The molecule has 0 heterocycles. The van der Waals surface area contributed by atoms with Crippen LogP contribution in [0.4, 0.5) is 5.69 Å². The topological polar surface area (TPSA) is 103 Å². The Morgan fingerprint density at radius 1 is 0.964 bits per heavy atom. The minimum absolute atomic E-state index is 0.0486. The summed E-state index contributed by atoms with van der Waals surface area (Å²) in [6, 6.07) is 8.35. The van der Waals surface area contributed by atoms with Gasteiger partial charge in [-0.2, -0.15) is 4.72 Å².